The molecule has 0 saturated heterocycles. The van der Waals surface area contributed by atoms with E-state index in [2.05, 4.69) is 5.32 Å². The monoisotopic (exact) mass is 309 g/mol. The summed E-state index contributed by atoms with van der Waals surface area (Å²) in [7, 11) is 0. The summed E-state index contributed by atoms with van der Waals surface area (Å²) in [4.78, 5) is 11.5. The quantitative estimate of drug-likeness (QED) is 0.871. The molecule has 0 aliphatic rings. The summed E-state index contributed by atoms with van der Waals surface area (Å²) in [5, 5.41) is 13.4. The Morgan fingerprint density at radius 3 is 2.50 bits per heavy atom. The summed E-state index contributed by atoms with van der Waals surface area (Å²) in [6.45, 7) is 1.82. The van der Waals surface area contributed by atoms with Crippen molar-refractivity contribution in [2.24, 2.45) is 0 Å². The highest BCUT2D eigenvalue weighted by molar-refractivity contribution is 6.33. The first-order valence-corrected chi connectivity index (χ1v) is 6.74. The number of benzene rings is 2. The molecule has 104 valence electrons. The van der Waals surface area contributed by atoms with Crippen molar-refractivity contribution in [2.75, 3.05) is 5.32 Å². The fourth-order valence-corrected chi connectivity index (χ4v) is 2.39. The molecule has 0 saturated carbocycles. The SMILES string of the molecule is Cc1cc(Cl)ccc1C(Nc1ccccc1Cl)C(=O)O. The van der Waals surface area contributed by atoms with Crippen LogP contribution in [0.4, 0.5) is 5.69 Å². The molecule has 2 rings (SSSR count). The summed E-state index contributed by atoms with van der Waals surface area (Å²) >= 11 is 11.9. The molecule has 2 aromatic carbocycles. The first-order valence-electron chi connectivity index (χ1n) is 5.99. The predicted octanol–water partition coefficient (Wildman–Crippen LogP) is 4.54. The second-order valence-electron chi connectivity index (χ2n) is 4.40. The molecule has 0 aliphatic carbocycles. The third-order valence-corrected chi connectivity index (χ3v) is 3.53. The number of carbonyl (C=O) groups is 1. The van der Waals surface area contributed by atoms with Crippen molar-refractivity contribution in [3.8, 4) is 0 Å². The van der Waals surface area contributed by atoms with E-state index in [4.69, 9.17) is 23.2 Å². The number of aliphatic carboxylic acids is 1. The summed E-state index contributed by atoms with van der Waals surface area (Å²) in [6, 6.07) is 11.3. The zero-order valence-electron chi connectivity index (χ0n) is 10.7. The lowest BCUT2D eigenvalue weighted by Gasteiger charge is -2.19. The van der Waals surface area contributed by atoms with Crippen molar-refractivity contribution >= 4 is 34.9 Å². The minimum Gasteiger partial charge on any atom is -0.479 e. The second kappa shape index (κ2) is 6.16. The standard InChI is InChI=1S/C15H13Cl2NO2/c1-9-8-10(16)6-7-11(9)14(15(19)20)18-13-5-3-2-4-12(13)17/h2-8,14,18H,1H3,(H,19,20). The van der Waals surface area contributed by atoms with Gasteiger partial charge < -0.3 is 10.4 Å². The van der Waals surface area contributed by atoms with E-state index in [0.717, 1.165) is 5.56 Å². The molecule has 1 unspecified atom stereocenters. The maximum absolute atomic E-state index is 11.5. The summed E-state index contributed by atoms with van der Waals surface area (Å²) in [5.41, 5.74) is 2.04. The molecule has 20 heavy (non-hydrogen) atoms. The van der Waals surface area contributed by atoms with Crippen LogP contribution in [0.3, 0.4) is 0 Å². The fraction of sp³-hybridized carbons (Fsp3) is 0.133. The van der Waals surface area contributed by atoms with Gasteiger partial charge in [-0.2, -0.15) is 0 Å². The van der Waals surface area contributed by atoms with Crippen molar-refractivity contribution in [1.82, 2.24) is 0 Å². The van der Waals surface area contributed by atoms with Crippen LogP contribution in [-0.2, 0) is 4.79 Å². The molecule has 0 bridgehead atoms. The molecule has 0 fully saturated rings. The van der Waals surface area contributed by atoms with Crippen LogP contribution in [0, 0.1) is 6.92 Å². The van der Waals surface area contributed by atoms with Gasteiger partial charge in [0.25, 0.3) is 0 Å². The Labute approximate surface area is 127 Å². The number of aryl methyl sites for hydroxylation is 1. The van der Waals surface area contributed by atoms with Gasteiger partial charge in [-0.3, -0.25) is 0 Å². The number of carboxylic acid groups (broad SMARTS) is 1. The molecule has 0 heterocycles. The van der Waals surface area contributed by atoms with Gasteiger partial charge in [0.2, 0.25) is 0 Å². The van der Waals surface area contributed by atoms with E-state index < -0.39 is 12.0 Å². The first kappa shape index (κ1) is 14.7. The molecule has 1 atom stereocenters. The lowest BCUT2D eigenvalue weighted by Crippen LogP contribution is -2.21. The largest absolute Gasteiger partial charge is 0.479 e. The zero-order valence-corrected chi connectivity index (χ0v) is 12.2. The Bertz CT molecular complexity index is 644. The average Bonchev–Trinajstić information content (AvgIpc) is 2.38. The number of nitrogens with one attached hydrogen (secondary N) is 1. The van der Waals surface area contributed by atoms with Gasteiger partial charge in [-0.15, -0.1) is 0 Å². The van der Waals surface area contributed by atoms with Crippen molar-refractivity contribution in [2.45, 2.75) is 13.0 Å². The summed E-state index contributed by atoms with van der Waals surface area (Å²) in [5.74, 6) is -0.977. The first-order chi connectivity index (χ1) is 9.49. The average molecular weight is 310 g/mol. The van der Waals surface area contributed by atoms with Crippen LogP contribution in [0.25, 0.3) is 0 Å². The van der Waals surface area contributed by atoms with Crippen molar-refractivity contribution in [3.63, 3.8) is 0 Å². The van der Waals surface area contributed by atoms with Crippen molar-refractivity contribution in [3.05, 3.63) is 63.6 Å². The number of rotatable bonds is 4. The normalized spacial score (nSPS) is 11.9. The Morgan fingerprint density at radius 1 is 1.20 bits per heavy atom. The molecular formula is C15H13Cl2NO2. The van der Waals surface area contributed by atoms with Gasteiger partial charge >= 0.3 is 5.97 Å². The molecule has 0 aromatic heterocycles. The number of para-hydroxylation sites is 1. The van der Waals surface area contributed by atoms with Crippen molar-refractivity contribution in [1.29, 1.82) is 0 Å². The zero-order chi connectivity index (χ0) is 14.7. The summed E-state index contributed by atoms with van der Waals surface area (Å²) in [6.07, 6.45) is 0. The molecule has 5 heteroatoms. The number of carboxylic acids is 1. The van der Waals surface area contributed by atoms with Gasteiger partial charge in [-0.25, -0.2) is 4.79 Å². The smallest absolute Gasteiger partial charge is 0.330 e. The van der Waals surface area contributed by atoms with Crippen LogP contribution in [0.15, 0.2) is 42.5 Å². The molecule has 0 radical (unpaired) electrons. The highest BCUT2D eigenvalue weighted by Gasteiger charge is 2.22. The molecule has 0 spiro atoms. The van der Waals surface area contributed by atoms with Gasteiger partial charge in [0.15, 0.2) is 6.04 Å². The van der Waals surface area contributed by atoms with Gasteiger partial charge in [0.1, 0.15) is 0 Å². The van der Waals surface area contributed by atoms with E-state index in [0.29, 0.717) is 21.3 Å². The second-order valence-corrected chi connectivity index (χ2v) is 5.24. The minimum atomic E-state index is -0.977. The molecular weight excluding hydrogens is 297 g/mol. The maximum atomic E-state index is 11.5. The van der Waals surface area contributed by atoms with E-state index in [1.807, 2.05) is 6.92 Å². The Balaban J connectivity index is 2.37. The van der Waals surface area contributed by atoms with Crippen LogP contribution in [0.1, 0.15) is 17.2 Å². The molecule has 0 amide bonds. The number of hydrogen-bond acceptors (Lipinski definition) is 2. The highest BCUT2D eigenvalue weighted by atomic mass is 35.5. The predicted molar refractivity (Wildman–Crippen MR) is 81.6 cm³/mol. The maximum Gasteiger partial charge on any atom is 0.330 e. The number of anilines is 1. The number of halogens is 2. The minimum absolute atomic E-state index is 0.477. The summed E-state index contributed by atoms with van der Waals surface area (Å²) < 4.78 is 0. The Kier molecular flexibility index (Phi) is 4.53. The Hall–Kier alpha value is -1.71. The lowest BCUT2D eigenvalue weighted by molar-refractivity contribution is -0.138. The van der Waals surface area contributed by atoms with Gasteiger partial charge in [0, 0.05) is 5.02 Å². The van der Waals surface area contributed by atoms with Crippen LogP contribution >= 0.6 is 23.2 Å². The molecule has 2 aromatic rings. The van der Waals surface area contributed by atoms with E-state index in [1.54, 1.807) is 42.5 Å². The number of hydrogen-bond donors (Lipinski definition) is 2. The molecule has 3 nitrogen and oxygen atoms in total. The Morgan fingerprint density at radius 2 is 1.90 bits per heavy atom. The van der Waals surface area contributed by atoms with Crippen LogP contribution < -0.4 is 5.32 Å². The third kappa shape index (κ3) is 3.24. The van der Waals surface area contributed by atoms with E-state index in [1.165, 1.54) is 0 Å². The van der Waals surface area contributed by atoms with Crippen LogP contribution in [-0.4, -0.2) is 11.1 Å². The fourth-order valence-electron chi connectivity index (χ4n) is 1.97. The van der Waals surface area contributed by atoms with Gasteiger partial charge in [-0.05, 0) is 42.3 Å². The van der Waals surface area contributed by atoms with Crippen molar-refractivity contribution < 1.29 is 9.90 Å². The molecule has 2 N–H and O–H groups in total. The van der Waals surface area contributed by atoms with E-state index in [9.17, 15) is 9.90 Å². The lowest BCUT2D eigenvalue weighted by atomic mass is 10.0. The van der Waals surface area contributed by atoms with E-state index >= 15 is 0 Å². The van der Waals surface area contributed by atoms with Gasteiger partial charge in [-0.1, -0.05) is 41.4 Å². The van der Waals surface area contributed by atoms with Crippen LogP contribution in [0.5, 0.6) is 0 Å². The van der Waals surface area contributed by atoms with Gasteiger partial charge in [0.05, 0.1) is 10.7 Å². The van der Waals surface area contributed by atoms with Crippen LogP contribution in [0.2, 0.25) is 10.0 Å². The topological polar surface area (TPSA) is 49.3 Å². The molecule has 0 aliphatic heterocycles. The third-order valence-electron chi connectivity index (χ3n) is 2.96. The van der Waals surface area contributed by atoms with E-state index in [-0.39, 0.29) is 0 Å². The highest BCUT2D eigenvalue weighted by Crippen LogP contribution is 2.28.